The third kappa shape index (κ3) is 5.33. The second-order valence-corrected chi connectivity index (χ2v) is 6.21. The van der Waals surface area contributed by atoms with Gasteiger partial charge in [-0.1, -0.05) is 48.0 Å². The minimum absolute atomic E-state index is 0.0506. The number of rotatable bonds is 6. The Bertz CT molecular complexity index is 945. The van der Waals surface area contributed by atoms with Crippen LogP contribution in [0.5, 0.6) is 0 Å². The molecule has 0 aromatic heterocycles. The van der Waals surface area contributed by atoms with Crippen LogP contribution in [0, 0.1) is 0 Å². The van der Waals surface area contributed by atoms with E-state index in [4.69, 9.17) is 11.6 Å². The lowest BCUT2D eigenvalue weighted by Gasteiger charge is -2.12. The molecule has 0 aliphatic carbocycles. The highest BCUT2D eigenvalue weighted by Gasteiger charge is 2.13. The first-order chi connectivity index (χ1) is 13.1. The lowest BCUT2D eigenvalue weighted by molar-refractivity contribution is -0.114. The zero-order valence-corrected chi connectivity index (χ0v) is 15.2. The van der Waals surface area contributed by atoms with Crippen molar-refractivity contribution in [2.75, 3.05) is 22.5 Å². The Morgan fingerprint density at radius 2 is 1.48 bits per heavy atom. The van der Waals surface area contributed by atoms with E-state index in [1.54, 1.807) is 54.6 Å². The van der Waals surface area contributed by atoms with E-state index in [9.17, 15) is 9.59 Å². The summed E-state index contributed by atoms with van der Waals surface area (Å²) < 4.78 is 0. The summed E-state index contributed by atoms with van der Waals surface area (Å²) in [6.45, 7) is 0.0506. The van der Waals surface area contributed by atoms with Crippen LogP contribution in [-0.2, 0) is 4.79 Å². The van der Waals surface area contributed by atoms with E-state index in [2.05, 4.69) is 16.0 Å². The standard InChI is InChI=1S/C21H18ClN3O2/c22-15-7-6-10-17(13-15)23-14-20(26)25-19-12-5-4-11-18(19)21(27)24-16-8-2-1-3-9-16/h1-13,23H,14H2,(H,24,27)(H,25,26). The normalized spacial score (nSPS) is 10.1. The van der Waals surface area contributed by atoms with Crippen LogP contribution in [0.2, 0.25) is 5.02 Å². The van der Waals surface area contributed by atoms with E-state index >= 15 is 0 Å². The summed E-state index contributed by atoms with van der Waals surface area (Å²) in [7, 11) is 0. The maximum Gasteiger partial charge on any atom is 0.257 e. The van der Waals surface area contributed by atoms with Gasteiger partial charge in [0, 0.05) is 16.4 Å². The molecule has 27 heavy (non-hydrogen) atoms. The molecule has 3 N–H and O–H groups in total. The number of hydrogen-bond donors (Lipinski definition) is 3. The summed E-state index contributed by atoms with van der Waals surface area (Å²) in [5.74, 6) is -0.560. The Hall–Kier alpha value is -3.31. The predicted octanol–water partition coefficient (Wildman–Crippen LogP) is 4.64. The summed E-state index contributed by atoms with van der Waals surface area (Å²) in [6.07, 6.45) is 0. The van der Waals surface area contributed by atoms with E-state index in [0.29, 0.717) is 22.0 Å². The first kappa shape index (κ1) is 18.5. The highest BCUT2D eigenvalue weighted by atomic mass is 35.5. The van der Waals surface area contributed by atoms with Gasteiger partial charge in [0.15, 0.2) is 0 Å². The van der Waals surface area contributed by atoms with Gasteiger partial charge >= 0.3 is 0 Å². The molecule has 3 aromatic carbocycles. The van der Waals surface area contributed by atoms with Crippen molar-refractivity contribution in [3.8, 4) is 0 Å². The number of carbonyl (C=O) groups is 2. The van der Waals surface area contributed by atoms with Crippen LogP contribution in [0.25, 0.3) is 0 Å². The summed E-state index contributed by atoms with van der Waals surface area (Å²) in [5.41, 5.74) is 2.26. The van der Waals surface area contributed by atoms with Crippen molar-refractivity contribution in [3.63, 3.8) is 0 Å². The van der Waals surface area contributed by atoms with Crippen molar-refractivity contribution in [1.82, 2.24) is 0 Å². The number of anilines is 3. The number of para-hydroxylation sites is 2. The van der Waals surface area contributed by atoms with E-state index in [1.807, 2.05) is 24.3 Å². The molecule has 3 aromatic rings. The van der Waals surface area contributed by atoms with Gasteiger partial charge in [-0.3, -0.25) is 9.59 Å². The van der Waals surface area contributed by atoms with Crippen molar-refractivity contribution >= 4 is 40.5 Å². The first-order valence-corrected chi connectivity index (χ1v) is 8.74. The molecule has 6 heteroatoms. The summed E-state index contributed by atoms with van der Waals surface area (Å²) in [6, 6.07) is 23.1. The molecule has 0 atom stereocenters. The number of amides is 2. The second-order valence-electron chi connectivity index (χ2n) is 5.78. The lowest BCUT2D eigenvalue weighted by Crippen LogP contribution is -2.23. The van der Waals surface area contributed by atoms with Crippen molar-refractivity contribution < 1.29 is 9.59 Å². The van der Waals surface area contributed by atoms with Crippen molar-refractivity contribution in [2.45, 2.75) is 0 Å². The van der Waals surface area contributed by atoms with Crippen LogP contribution in [0.1, 0.15) is 10.4 Å². The number of nitrogens with one attached hydrogen (secondary N) is 3. The largest absolute Gasteiger partial charge is 0.376 e. The van der Waals surface area contributed by atoms with Crippen molar-refractivity contribution in [1.29, 1.82) is 0 Å². The number of halogens is 1. The maximum atomic E-state index is 12.5. The van der Waals surface area contributed by atoms with Crippen molar-refractivity contribution in [2.24, 2.45) is 0 Å². The third-order valence-corrected chi connectivity index (χ3v) is 3.99. The molecule has 0 spiro atoms. The van der Waals surface area contributed by atoms with Gasteiger partial charge in [0.05, 0.1) is 17.8 Å². The molecule has 0 aliphatic rings. The fourth-order valence-corrected chi connectivity index (χ4v) is 2.68. The molecule has 0 heterocycles. The van der Waals surface area contributed by atoms with Crippen LogP contribution in [-0.4, -0.2) is 18.4 Å². The van der Waals surface area contributed by atoms with Gasteiger partial charge in [-0.2, -0.15) is 0 Å². The van der Waals surface area contributed by atoms with Gasteiger partial charge in [0.25, 0.3) is 5.91 Å². The fraction of sp³-hybridized carbons (Fsp3) is 0.0476. The van der Waals surface area contributed by atoms with Crippen LogP contribution >= 0.6 is 11.6 Å². The highest BCUT2D eigenvalue weighted by molar-refractivity contribution is 6.30. The quantitative estimate of drug-likeness (QED) is 0.584. The Morgan fingerprint density at radius 3 is 2.26 bits per heavy atom. The van der Waals surface area contributed by atoms with Crippen LogP contribution in [0.4, 0.5) is 17.1 Å². The van der Waals surface area contributed by atoms with Crippen LogP contribution in [0.3, 0.4) is 0 Å². The summed E-state index contributed by atoms with van der Waals surface area (Å²) in [5, 5.41) is 9.17. The summed E-state index contributed by atoms with van der Waals surface area (Å²) in [4.78, 5) is 24.8. The van der Waals surface area contributed by atoms with Gasteiger partial charge in [-0.15, -0.1) is 0 Å². The minimum atomic E-state index is -0.292. The Balaban J connectivity index is 1.64. The van der Waals surface area contributed by atoms with Crippen molar-refractivity contribution in [3.05, 3.63) is 89.4 Å². The van der Waals surface area contributed by atoms with Gasteiger partial charge < -0.3 is 16.0 Å². The monoisotopic (exact) mass is 379 g/mol. The number of benzene rings is 3. The summed E-state index contributed by atoms with van der Waals surface area (Å²) >= 11 is 5.93. The SMILES string of the molecule is O=C(CNc1cccc(Cl)c1)Nc1ccccc1C(=O)Nc1ccccc1. The molecule has 3 rings (SSSR count). The molecule has 0 saturated heterocycles. The van der Waals surface area contributed by atoms with Gasteiger partial charge in [-0.25, -0.2) is 0 Å². The molecule has 0 radical (unpaired) electrons. The lowest BCUT2D eigenvalue weighted by atomic mass is 10.1. The second kappa shape index (κ2) is 8.87. The fourth-order valence-electron chi connectivity index (χ4n) is 2.49. The molecular formula is C21H18ClN3O2. The molecule has 0 saturated carbocycles. The van der Waals surface area contributed by atoms with Gasteiger partial charge in [0.1, 0.15) is 0 Å². The molecular weight excluding hydrogens is 362 g/mol. The smallest absolute Gasteiger partial charge is 0.257 e. The minimum Gasteiger partial charge on any atom is -0.376 e. The van der Waals surface area contributed by atoms with Gasteiger partial charge in [-0.05, 0) is 42.5 Å². The van der Waals surface area contributed by atoms with E-state index in [-0.39, 0.29) is 18.4 Å². The maximum absolute atomic E-state index is 12.5. The Morgan fingerprint density at radius 1 is 0.778 bits per heavy atom. The molecule has 2 amide bonds. The molecule has 136 valence electrons. The topological polar surface area (TPSA) is 70.2 Å². The van der Waals surface area contributed by atoms with E-state index < -0.39 is 0 Å². The average molecular weight is 380 g/mol. The van der Waals surface area contributed by atoms with E-state index in [0.717, 1.165) is 5.69 Å². The van der Waals surface area contributed by atoms with Gasteiger partial charge in [0.2, 0.25) is 5.91 Å². The average Bonchev–Trinajstić information content (AvgIpc) is 2.68. The Labute approximate surface area is 162 Å². The zero-order valence-electron chi connectivity index (χ0n) is 14.4. The predicted molar refractivity (Wildman–Crippen MR) is 109 cm³/mol. The Kier molecular flexibility index (Phi) is 6.07. The third-order valence-electron chi connectivity index (χ3n) is 3.76. The number of hydrogen-bond acceptors (Lipinski definition) is 3. The van der Waals surface area contributed by atoms with E-state index in [1.165, 1.54) is 0 Å². The first-order valence-electron chi connectivity index (χ1n) is 8.36. The number of carbonyl (C=O) groups excluding carboxylic acids is 2. The highest BCUT2D eigenvalue weighted by Crippen LogP contribution is 2.18. The molecule has 5 nitrogen and oxygen atoms in total. The zero-order chi connectivity index (χ0) is 19.1. The molecule has 0 unspecified atom stereocenters. The molecule has 0 bridgehead atoms. The molecule has 0 fully saturated rings. The molecule has 0 aliphatic heterocycles. The van der Waals surface area contributed by atoms with Crippen LogP contribution < -0.4 is 16.0 Å². The van der Waals surface area contributed by atoms with Crippen LogP contribution in [0.15, 0.2) is 78.9 Å².